The van der Waals surface area contributed by atoms with Crippen LogP contribution in [0.3, 0.4) is 0 Å². The molecule has 3 rings (SSSR count). The topological polar surface area (TPSA) is 74.6 Å². The van der Waals surface area contributed by atoms with Crippen molar-refractivity contribution < 1.29 is 4.52 Å². The molecule has 3 heterocycles. The molecule has 106 valence electrons. The van der Waals surface area contributed by atoms with E-state index < -0.39 is 0 Å². The Morgan fingerprint density at radius 1 is 1.30 bits per heavy atom. The molecule has 0 bridgehead atoms. The average molecular weight is 295 g/mol. The second-order valence-corrected chi connectivity index (χ2v) is 4.85. The maximum absolute atomic E-state index is 6.00. The highest BCUT2D eigenvalue weighted by Crippen LogP contribution is 2.22. The number of nitrogens with zero attached hydrogens (tertiary/aromatic N) is 6. The molecule has 0 spiro atoms. The van der Waals surface area contributed by atoms with Crippen LogP contribution in [0, 0.1) is 6.92 Å². The van der Waals surface area contributed by atoms with E-state index in [4.69, 9.17) is 16.1 Å². The highest BCUT2D eigenvalue weighted by atomic mass is 35.5. The molecule has 0 amide bonds. The van der Waals surface area contributed by atoms with Crippen LogP contribution in [0.25, 0.3) is 11.2 Å². The van der Waals surface area contributed by atoms with E-state index in [2.05, 4.69) is 27.1 Å². The first-order chi connectivity index (χ1) is 9.63. The van der Waals surface area contributed by atoms with Gasteiger partial charge in [0.2, 0.25) is 5.89 Å². The number of halogens is 1. The van der Waals surface area contributed by atoms with Crippen LogP contribution in [0.1, 0.15) is 30.2 Å². The van der Waals surface area contributed by atoms with Gasteiger partial charge in [0, 0.05) is 7.05 Å². The third-order valence-corrected chi connectivity index (χ3v) is 3.43. The van der Waals surface area contributed by atoms with Crippen LogP contribution < -0.4 is 0 Å². The molecule has 0 aliphatic rings. The minimum Gasteiger partial charge on any atom is -0.337 e. The van der Waals surface area contributed by atoms with Gasteiger partial charge in [0.25, 0.3) is 0 Å². The molecule has 0 saturated heterocycles. The molecular weight excluding hydrogens is 280 g/mol. The summed E-state index contributed by atoms with van der Waals surface area (Å²) < 4.78 is 8.97. The smallest absolute Gasteiger partial charge is 0.246 e. The maximum Gasteiger partial charge on any atom is 0.246 e. The highest BCUT2D eigenvalue weighted by Gasteiger charge is 2.19. The molecule has 3 aromatic heterocycles. The zero-order chi connectivity index (χ0) is 14.3. The van der Waals surface area contributed by atoms with E-state index in [-0.39, 0.29) is 0 Å². The molecule has 0 saturated carbocycles. The van der Waals surface area contributed by atoms with E-state index in [1.165, 1.54) is 0 Å². The van der Waals surface area contributed by atoms with Gasteiger partial charge in [-0.3, -0.25) is 4.68 Å². The number of hydrogen-bond acceptors (Lipinski definition) is 5. The third-order valence-electron chi connectivity index (χ3n) is 3.19. The van der Waals surface area contributed by atoms with E-state index in [1.54, 1.807) is 6.92 Å². The van der Waals surface area contributed by atoms with E-state index >= 15 is 0 Å². The van der Waals surface area contributed by atoms with Crippen molar-refractivity contribution >= 4 is 22.8 Å². The van der Waals surface area contributed by atoms with Crippen molar-refractivity contribution in [2.45, 2.75) is 32.7 Å². The van der Waals surface area contributed by atoms with Gasteiger partial charge in [0.15, 0.2) is 11.5 Å². The van der Waals surface area contributed by atoms with Crippen molar-refractivity contribution in [3.8, 4) is 0 Å². The monoisotopic (exact) mass is 294 g/mol. The normalized spacial score (nSPS) is 11.6. The molecule has 0 radical (unpaired) electrons. The van der Waals surface area contributed by atoms with Crippen molar-refractivity contribution in [3.63, 3.8) is 0 Å². The van der Waals surface area contributed by atoms with Crippen molar-refractivity contribution in [2.24, 2.45) is 7.05 Å². The summed E-state index contributed by atoms with van der Waals surface area (Å²) in [4.78, 5) is 8.81. The number of rotatable bonds is 4. The Balaban J connectivity index is 2.14. The molecule has 0 atom stereocenters. The lowest BCUT2D eigenvalue weighted by atomic mass is 10.3. The first kappa shape index (κ1) is 13.1. The van der Waals surface area contributed by atoms with Gasteiger partial charge in [-0.1, -0.05) is 12.1 Å². The lowest BCUT2D eigenvalue weighted by Crippen LogP contribution is -2.08. The summed E-state index contributed by atoms with van der Waals surface area (Å²) in [5, 5.41) is 8.28. The van der Waals surface area contributed by atoms with E-state index in [0.29, 0.717) is 24.1 Å². The fourth-order valence-corrected chi connectivity index (χ4v) is 2.54. The molecule has 0 aromatic carbocycles. The fourth-order valence-electron chi connectivity index (χ4n) is 2.33. The van der Waals surface area contributed by atoms with Crippen molar-refractivity contribution in [2.75, 3.05) is 0 Å². The Morgan fingerprint density at radius 2 is 2.10 bits per heavy atom. The fraction of sp³-hybridized carbons (Fsp3) is 0.500. The summed E-state index contributed by atoms with van der Waals surface area (Å²) in [7, 11) is 1.90. The Bertz CT molecular complexity index is 756. The Hall–Kier alpha value is -1.89. The minimum absolute atomic E-state index is 0.324. The maximum atomic E-state index is 6.00. The zero-order valence-corrected chi connectivity index (χ0v) is 12.3. The van der Waals surface area contributed by atoms with Crippen LogP contribution in [0.15, 0.2) is 4.52 Å². The predicted octanol–water partition coefficient (Wildman–Crippen LogP) is 1.81. The first-order valence-corrected chi connectivity index (χ1v) is 6.93. The number of aryl methyl sites for hydroxylation is 3. The van der Waals surface area contributed by atoms with E-state index in [9.17, 15) is 0 Å². The van der Waals surface area contributed by atoms with Gasteiger partial charge >= 0.3 is 0 Å². The summed E-state index contributed by atoms with van der Waals surface area (Å²) >= 11 is 6.00. The van der Waals surface area contributed by atoms with Crippen LogP contribution in [-0.2, 0) is 25.9 Å². The van der Waals surface area contributed by atoms with Crippen LogP contribution in [0.4, 0.5) is 0 Å². The predicted molar refractivity (Wildman–Crippen MR) is 73.6 cm³/mol. The molecule has 20 heavy (non-hydrogen) atoms. The largest absolute Gasteiger partial charge is 0.337 e. The summed E-state index contributed by atoms with van der Waals surface area (Å²) in [6.45, 7) is 4.29. The van der Waals surface area contributed by atoms with Gasteiger partial charge in [-0.2, -0.15) is 10.1 Å². The number of alkyl halides is 1. The number of imidazole rings is 1. The van der Waals surface area contributed by atoms with Crippen LogP contribution in [0.5, 0.6) is 0 Å². The summed E-state index contributed by atoms with van der Waals surface area (Å²) in [6, 6.07) is 0. The van der Waals surface area contributed by atoms with Gasteiger partial charge in [0.05, 0.1) is 11.6 Å². The lowest BCUT2D eigenvalue weighted by Gasteiger charge is -2.04. The van der Waals surface area contributed by atoms with Gasteiger partial charge in [-0.05, 0) is 13.3 Å². The van der Waals surface area contributed by atoms with Gasteiger partial charge in [0.1, 0.15) is 17.9 Å². The lowest BCUT2D eigenvalue weighted by molar-refractivity contribution is 0.367. The Kier molecular flexibility index (Phi) is 3.21. The average Bonchev–Trinajstić information content (AvgIpc) is 3.07. The summed E-state index contributed by atoms with van der Waals surface area (Å²) in [6.07, 6.45) is 0.829. The summed E-state index contributed by atoms with van der Waals surface area (Å²) in [5.41, 5.74) is 2.78. The second kappa shape index (κ2) is 4.90. The molecule has 0 N–H and O–H groups in total. The van der Waals surface area contributed by atoms with Crippen LogP contribution >= 0.6 is 11.6 Å². The van der Waals surface area contributed by atoms with Crippen LogP contribution in [-0.4, -0.2) is 29.5 Å². The Labute approximate surface area is 120 Å². The Morgan fingerprint density at radius 3 is 2.70 bits per heavy atom. The van der Waals surface area contributed by atoms with Crippen molar-refractivity contribution in [1.82, 2.24) is 29.5 Å². The quantitative estimate of drug-likeness (QED) is 0.686. The van der Waals surface area contributed by atoms with Crippen molar-refractivity contribution in [3.05, 3.63) is 23.2 Å². The molecular formula is C12H15ClN6O. The van der Waals surface area contributed by atoms with Gasteiger partial charge in [-0.15, -0.1) is 11.6 Å². The van der Waals surface area contributed by atoms with E-state index in [1.807, 2.05) is 16.3 Å². The number of fused-ring (bicyclic) bond motifs is 1. The minimum atomic E-state index is 0.324. The van der Waals surface area contributed by atoms with Gasteiger partial charge in [-0.25, -0.2) is 4.98 Å². The van der Waals surface area contributed by atoms with Crippen molar-refractivity contribution in [1.29, 1.82) is 0 Å². The SMILES string of the molecule is CCc1nn(C)c2c1nc(CCl)n2Cc1nc(C)no1. The number of aromatic nitrogens is 6. The summed E-state index contributed by atoms with van der Waals surface area (Å²) in [5.74, 6) is 2.25. The molecule has 0 aliphatic carbocycles. The molecule has 0 unspecified atom stereocenters. The van der Waals surface area contributed by atoms with E-state index in [0.717, 1.165) is 29.1 Å². The first-order valence-electron chi connectivity index (χ1n) is 6.40. The molecule has 3 aromatic rings. The second-order valence-electron chi connectivity index (χ2n) is 4.58. The highest BCUT2D eigenvalue weighted by molar-refractivity contribution is 6.16. The molecule has 8 heteroatoms. The molecule has 7 nitrogen and oxygen atoms in total. The zero-order valence-electron chi connectivity index (χ0n) is 11.6. The van der Waals surface area contributed by atoms with Gasteiger partial charge < -0.3 is 9.09 Å². The standard InChI is InChI=1S/C12H15ClN6O/c1-4-8-11-12(18(3)16-8)19(9(5-13)15-11)6-10-14-7(2)17-20-10/h4-6H2,1-3H3. The third kappa shape index (κ3) is 1.98. The number of hydrogen-bond donors (Lipinski definition) is 0. The molecule has 0 fully saturated rings. The molecule has 0 aliphatic heterocycles. The van der Waals surface area contributed by atoms with Crippen LogP contribution in [0.2, 0.25) is 0 Å².